The minimum atomic E-state index is -0.513. The maximum atomic E-state index is 11.5. The van der Waals surface area contributed by atoms with Crippen LogP contribution >= 0.6 is 11.6 Å². The zero-order chi connectivity index (χ0) is 13.9. The molecular formula is C13H20ClN3O. The van der Waals surface area contributed by atoms with Crippen LogP contribution in [0.15, 0.2) is 12.1 Å². The number of hydrogen-bond acceptors (Lipinski definition) is 3. The Morgan fingerprint density at radius 2 is 2.06 bits per heavy atom. The third kappa shape index (κ3) is 3.29. The first-order valence-electron chi connectivity index (χ1n) is 6.00. The first kappa shape index (κ1) is 14.6. The minimum absolute atomic E-state index is 0.377. The molecule has 18 heavy (non-hydrogen) atoms. The van der Waals surface area contributed by atoms with Crippen molar-refractivity contribution in [3.05, 3.63) is 22.7 Å². The zero-order valence-electron chi connectivity index (χ0n) is 11.0. The van der Waals surface area contributed by atoms with Gasteiger partial charge in [0.1, 0.15) is 0 Å². The number of carbonyl (C=O) groups is 1. The van der Waals surface area contributed by atoms with Crippen LogP contribution in [0.3, 0.4) is 0 Å². The van der Waals surface area contributed by atoms with E-state index in [0.29, 0.717) is 27.9 Å². The predicted molar refractivity (Wildman–Crippen MR) is 77.1 cm³/mol. The van der Waals surface area contributed by atoms with Crippen molar-refractivity contribution in [2.75, 3.05) is 23.7 Å². The highest BCUT2D eigenvalue weighted by Gasteiger charge is 2.19. The van der Waals surface area contributed by atoms with Gasteiger partial charge < -0.3 is 16.4 Å². The van der Waals surface area contributed by atoms with Crippen LogP contribution in [-0.4, -0.2) is 19.0 Å². The van der Waals surface area contributed by atoms with E-state index < -0.39 is 5.91 Å². The largest absolute Gasteiger partial charge is 0.399 e. The second kappa shape index (κ2) is 5.96. The van der Waals surface area contributed by atoms with Crippen LogP contribution in [0.4, 0.5) is 11.4 Å². The van der Waals surface area contributed by atoms with Crippen LogP contribution in [0.1, 0.15) is 31.1 Å². The smallest absolute Gasteiger partial charge is 0.250 e. The summed E-state index contributed by atoms with van der Waals surface area (Å²) in [7, 11) is 0. The van der Waals surface area contributed by atoms with Gasteiger partial charge in [0.05, 0.1) is 16.3 Å². The van der Waals surface area contributed by atoms with Gasteiger partial charge in [-0.3, -0.25) is 4.79 Å². The fourth-order valence-corrected chi connectivity index (χ4v) is 2.30. The molecule has 0 saturated carbocycles. The Labute approximate surface area is 113 Å². The molecule has 0 aliphatic heterocycles. The van der Waals surface area contributed by atoms with E-state index in [-0.39, 0.29) is 0 Å². The summed E-state index contributed by atoms with van der Waals surface area (Å²) in [6.45, 7) is 7.79. The maximum Gasteiger partial charge on any atom is 0.250 e. The zero-order valence-corrected chi connectivity index (χ0v) is 11.8. The first-order valence-corrected chi connectivity index (χ1v) is 6.38. The van der Waals surface area contributed by atoms with Gasteiger partial charge in [-0.05, 0) is 25.0 Å². The highest BCUT2D eigenvalue weighted by atomic mass is 35.5. The average Bonchev–Trinajstić information content (AvgIpc) is 2.25. The summed E-state index contributed by atoms with van der Waals surface area (Å²) in [6.07, 6.45) is 0. The number of amides is 1. The van der Waals surface area contributed by atoms with Gasteiger partial charge in [0.25, 0.3) is 5.91 Å². The van der Waals surface area contributed by atoms with E-state index in [9.17, 15) is 4.79 Å². The molecule has 0 atom stereocenters. The van der Waals surface area contributed by atoms with Gasteiger partial charge in [0, 0.05) is 18.8 Å². The Bertz CT molecular complexity index is 446. The molecule has 0 aromatic heterocycles. The lowest BCUT2D eigenvalue weighted by molar-refractivity contribution is 0.100. The summed E-state index contributed by atoms with van der Waals surface area (Å²) in [5.74, 6) is -0.0549. The molecule has 0 aliphatic rings. The van der Waals surface area contributed by atoms with Crippen LogP contribution in [0.2, 0.25) is 5.02 Å². The normalized spacial score (nSPS) is 10.7. The van der Waals surface area contributed by atoms with E-state index in [2.05, 4.69) is 13.8 Å². The molecule has 1 amide bonds. The fraction of sp³-hybridized carbons (Fsp3) is 0.462. The maximum absolute atomic E-state index is 11.5. The number of nitrogen functional groups attached to an aromatic ring is 1. The van der Waals surface area contributed by atoms with Crippen molar-refractivity contribution in [2.24, 2.45) is 11.7 Å². The van der Waals surface area contributed by atoms with E-state index in [0.717, 1.165) is 13.1 Å². The van der Waals surface area contributed by atoms with E-state index >= 15 is 0 Å². The molecule has 0 unspecified atom stereocenters. The van der Waals surface area contributed by atoms with Gasteiger partial charge in [-0.1, -0.05) is 25.4 Å². The molecule has 1 aromatic rings. The van der Waals surface area contributed by atoms with E-state index in [1.807, 2.05) is 11.8 Å². The topological polar surface area (TPSA) is 72.3 Å². The Balaban J connectivity index is 3.31. The summed E-state index contributed by atoms with van der Waals surface area (Å²) < 4.78 is 0. The number of hydrogen-bond donors (Lipinski definition) is 2. The number of rotatable bonds is 5. The third-order valence-corrected chi connectivity index (χ3v) is 2.92. The number of carbonyl (C=O) groups excluding carboxylic acids is 1. The number of nitrogens with zero attached hydrogens (tertiary/aromatic N) is 1. The molecule has 0 fully saturated rings. The Kier molecular flexibility index (Phi) is 4.84. The Hall–Kier alpha value is -1.42. The second-order valence-electron chi connectivity index (χ2n) is 4.70. The van der Waals surface area contributed by atoms with Crippen molar-refractivity contribution >= 4 is 28.9 Å². The molecule has 0 saturated heterocycles. The number of nitrogens with two attached hydrogens (primary N) is 2. The first-order chi connectivity index (χ1) is 8.36. The SMILES string of the molecule is CCN(CC(C)C)c1c(Cl)cc(N)cc1C(N)=O. The van der Waals surface area contributed by atoms with Gasteiger partial charge in [0.2, 0.25) is 0 Å². The molecule has 0 radical (unpaired) electrons. The molecular weight excluding hydrogens is 250 g/mol. The third-order valence-electron chi connectivity index (χ3n) is 2.63. The average molecular weight is 270 g/mol. The lowest BCUT2D eigenvalue weighted by Crippen LogP contribution is -2.30. The number of anilines is 2. The molecule has 5 heteroatoms. The van der Waals surface area contributed by atoms with E-state index in [1.54, 1.807) is 12.1 Å². The van der Waals surface area contributed by atoms with Crippen molar-refractivity contribution in [1.29, 1.82) is 0 Å². The van der Waals surface area contributed by atoms with Crippen molar-refractivity contribution < 1.29 is 4.79 Å². The van der Waals surface area contributed by atoms with Gasteiger partial charge in [-0.25, -0.2) is 0 Å². The Morgan fingerprint density at radius 1 is 1.44 bits per heavy atom. The van der Waals surface area contributed by atoms with Crippen molar-refractivity contribution in [3.63, 3.8) is 0 Å². The molecule has 0 aliphatic carbocycles. The number of primary amides is 1. The van der Waals surface area contributed by atoms with Crippen LogP contribution in [0.25, 0.3) is 0 Å². The quantitative estimate of drug-likeness (QED) is 0.807. The molecule has 1 rings (SSSR count). The second-order valence-corrected chi connectivity index (χ2v) is 5.10. The molecule has 4 nitrogen and oxygen atoms in total. The van der Waals surface area contributed by atoms with Gasteiger partial charge in [0.15, 0.2) is 0 Å². The van der Waals surface area contributed by atoms with E-state index in [1.165, 1.54) is 0 Å². The molecule has 0 spiro atoms. The van der Waals surface area contributed by atoms with Crippen LogP contribution < -0.4 is 16.4 Å². The van der Waals surface area contributed by atoms with Crippen molar-refractivity contribution in [2.45, 2.75) is 20.8 Å². The molecule has 1 aromatic carbocycles. The fourth-order valence-electron chi connectivity index (χ4n) is 1.95. The van der Waals surface area contributed by atoms with Crippen molar-refractivity contribution in [1.82, 2.24) is 0 Å². The monoisotopic (exact) mass is 269 g/mol. The minimum Gasteiger partial charge on any atom is -0.399 e. The molecule has 0 heterocycles. The van der Waals surface area contributed by atoms with Gasteiger partial charge in [-0.15, -0.1) is 0 Å². The standard InChI is InChI=1S/C13H20ClN3O/c1-4-17(7-8(2)3)12-10(13(16)18)5-9(15)6-11(12)14/h5-6,8H,4,7,15H2,1-3H3,(H2,16,18). The summed E-state index contributed by atoms with van der Waals surface area (Å²) in [4.78, 5) is 13.6. The highest BCUT2D eigenvalue weighted by Crippen LogP contribution is 2.32. The lowest BCUT2D eigenvalue weighted by atomic mass is 10.1. The van der Waals surface area contributed by atoms with Crippen molar-refractivity contribution in [3.8, 4) is 0 Å². The number of benzene rings is 1. The molecule has 4 N–H and O–H groups in total. The van der Waals surface area contributed by atoms with Crippen LogP contribution in [-0.2, 0) is 0 Å². The summed E-state index contributed by atoms with van der Waals surface area (Å²) >= 11 is 6.21. The summed E-state index contributed by atoms with van der Waals surface area (Å²) in [5, 5.41) is 0.464. The molecule has 0 bridgehead atoms. The van der Waals surface area contributed by atoms with Gasteiger partial charge >= 0.3 is 0 Å². The van der Waals surface area contributed by atoms with Crippen LogP contribution in [0, 0.1) is 5.92 Å². The highest BCUT2D eigenvalue weighted by molar-refractivity contribution is 6.34. The predicted octanol–water partition coefficient (Wildman–Crippen LogP) is 2.50. The molecule has 100 valence electrons. The summed E-state index contributed by atoms with van der Waals surface area (Å²) in [6, 6.07) is 3.22. The van der Waals surface area contributed by atoms with E-state index in [4.69, 9.17) is 23.1 Å². The Morgan fingerprint density at radius 3 is 2.50 bits per heavy atom. The van der Waals surface area contributed by atoms with Gasteiger partial charge in [-0.2, -0.15) is 0 Å². The van der Waals surface area contributed by atoms with Crippen LogP contribution in [0.5, 0.6) is 0 Å². The summed E-state index contributed by atoms with van der Waals surface area (Å²) in [5.41, 5.74) is 12.6. The lowest BCUT2D eigenvalue weighted by Gasteiger charge is -2.28. The number of halogens is 1.